The number of amides is 2. The lowest BCUT2D eigenvalue weighted by Gasteiger charge is -2.10. The van der Waals surface area contributed by atoms with Gasteiger partial charge in [0.05, 0.1) is 0 Å². The first kappa shape index (κ1) is 21.3. The van der Waals surface area contributed by atoms with Crippen molar-refractivity contribution >= 4 is 11.8 Å². The number of aryl methyl sites for hydroxylation is 4. The van der Waals surface area contributed by atoms with Crippen LogP contribution in [0.4, 0.5) is 0 Å². The summed E-state index contributed by atoms with van der Waals surface area (Å²) in [5.74, 6) is -0.182. The molecule has 0 saturated heterocycles. The van der Waals surface area contributed by atoms with Crippen LogP contribution in [0.25, 0.3) is 0 Å². The van der Waals surface area contributed by atoms with E-state index in [2.05, 4.69) is 10.6 Å². The summed E-state index contributed by atoms with van der Waals surface area (Å²) in [6.45, 7) is 8.93. The standard InChI is InChI=1S/C26H28N2O2/c1-17-8-10-23(12-19(17)3)25(29)27-15-21-6-5-7-22(14-21)16-28-26(30)24-11-9-18(2)20(4)13-24/h5-14H,15-16H2,1-4H3,(H,27,29)(H,28,30). The van der Waals surface area contributed by atoms with Crippen molar-refractivity contribution < 1.29 is 9.59 Å². The summed E-state index contributed by atoms with van der Waals surface area (Å²) in [5.41, 5.74) is 7.84. The minimum Gasteiger partial charge on any atom is -0.348 e. The van der Waals surface area contributed by atoms with Gasteiger partial charge in [-0.2, -0.15) is 0 Å². The number of hydrogen-bond acceptors (Lipinski definition) is 2. The van der Waals surface area contributed by atoms with Crippen molar-refractivity contribution in [2.45, 2.75) is 40.8 Å². The van der Waals surface area contributed by atoms with Crippen molar-refractivity contribution in [3.63, 3.8) is 0 Å². The Morgan fingerprint density at radius 1 is 0.600 bits per heavy atom. The molecule has 0 fully saturated rings. The van der Waals surface area contributed by atoms with Gasteiger partial charge in [0.1, 0.15) is 0 Å². The van der Waals surface area contributed by atoms with Gasteiger partial charge in [-0.05, 0) is 85.3 Å². The monoisotopic (exact) mass is 400 g/mol. The van der Waals surface area contributed by atoms with Crippen molar-refractivity contribution in [3.05, 3.63) is 105 Å². The Morgan fingerprint density at radius 2 is 1.03 bits per heavy atom. The Balaban J connectivity index is 1.57. The Labute approximate surface area is 178 Å². The highest BCUT2D eigenvalue weighted by Gasteiger charge is 2.08. The van der Waals surface area contributed by atoms with Crippen LogP contribution in [-0.4, -0.2) is 11.8 Å². The average Bonchev–Trinajstić information content (AvgIpc) is 2.74. The molecule has 0 aliphatic carbocycles. The van der Waals surface area contributed by atoms with Crippen molar-refractivity contribution in [2.24, 2.45) is 0 Å². The Morgan fingerprint density at radius 3 is 1.43 bits per heavy atom. The second-order valence-corrected chi connectivity index (χ2v) is 7.78. The highest BCUT2D eigenvalue weighted by Crippen LogP contribution is 2.12. The lowest BCUT2D eigenvalue weighted by molar-refractivity contribution is 0.0943. The van der Waals surface area contributed by atoms with Crippen LogP contribution in [0, 0.1) is 27.7 Å². The lowest BCUT2D eigenvalue weighted by atomic mass is 10.1. The average molecular weight is 401 g/mol. The van der Waals surface area contributed by atoms with Crippen LogP contribution in [0.5, 0.6) is 0 Å². The van der Waals surface area contributed by atoms with Crippen molar-refractivity contribution in [2.75, 3.05) is 0 Å². The smallest absolute Gasteiger partial charge is 0.251 e. The van der Waals surface area contributed by atoms with E-state index in [4.69, 9.17) is 0 Å². The molecular formula is C26H28N2O2. The second-order valence-electron chi connectivity index (χ2n) is 7.78. The molecule has 0 radical (unpaired) electrons. The highest BCUT2D eigenvalue weighted by molar-refractivity contribution is 5.95. The van der Waals surface area contributed by atoms with Gasteiger partial charge in [0.15, 0.2) is 0 Å². The van der Waals surface area contributed by atoms with E-state index in [1.54, 1.807) is 0 Å². The zero-order valence-corrected chi connectivity index (χ0v) is 18.0. The fraction of sp³-hybridized carbons (Fsp3) is 0.231. The van der Waals surface area contributed by atoms with Crippen LogP contribution in [0.2, 0.25) is 0 Å². The van der Waals surface area contributed by atoms with E-state index in [9.17, 15) is 9.59 Å². The zero-order chi connectivity index (χ0) is 21.7. The van der Waals surface area contributed by atoms with Crippen molar-refractivity contribution in [3.8, 4) is 0 Å². The molecule has 0 aliphatic rings. The van der Waals surface area contributed by atoms with Crippen LogP contribution in [0.15, 0.2) is 60.7 Å². The normalized spacial score (nSPS) is 10.5. The molecule has 0 bridgehead atoms. The molecule has 3 rings (SSSR count). The number of hydrogen-bond donors (Lipinski definition) is 2. The van der Waals surface area contributed by atoms with Crippen LogP contribution >= 0.6 is 0 Å². The third-order valence-corrected chi connectivity index (χ3v) is 5.44. The molecule has 3 aromatic rings. The number of rotatable bonds is 6. The molecule has 0 saturated carbocycles. The van der Waals surface area contributed by atoms with E-state index in [-0.39, 0.29) is 11.8 Å². The van der Waals surface area contributed by atoms with Gasteiger partial charge in [-0.25, -0.2) is 0 Å². The molecule has 2 amide bonds. The van der Waals surface area contributed by atoms with E-state index in [1.165, 1.54) is 11.1 Å². The van der Waals surface area contributed by atoms with Crippen LogP contribution < -0.4 is 10.6 Å². The van der Waals surface area contributed by atoms with Gasteiger partial charge in [0.25, 0.3) is 11.8 Å². The first-order valence-corrected chi connectivity index (χ1v) is 10.1. The van der Waals surface area contributed by atoms with Crippen LogP contribution in [0.1, 0.15) is 54.1 Å². The molecule has 4 heteroatoms. The summed E-state index contributed by atoms with van der Waals surface area (Å²) >= 11 is 0. The maximum atomic E-state index is 12.4. The zero-order valence-electron chi connectivity index (χ0n) is 18.0. The summed E-state index contributed by atoms with van der Waals surface area (Å²) in [6.07, 6.45) is 0. The van der Waals surface area contributed by atoms with Gasteiger partial charge in [-0.15, -0.1) is 0 Å². The third kappa shape index (κ3) is 5.35. The highest BCUT2D eigenvalue weighted by atomic mass is 16.2. The van der Waals surface area contributed by atoms with Gasteiger partial charge < -0.3 is 10.6 Å². The van der Waals surface area contributed by atoms with Crippen LogP contribution in [0.3, 0.4) is 0 Å². The SMILES string of the molecule is Cc1ccc(C(=O)NCc2cccc(CNC(=O)c3ccc(C)c(C)c3)c2)cc1C. The molecule has 0 aliphatic heterocycles. The molecule has 2 N–H and O–H groups in total. The van der Waals surface area contributed by atoms with Gasteiger partial charge in [-0.3, -0.25) is 9.59 Å². The first-order chi connectivity index (χ1) is 14.3. The molecule has 0 heterocycles. The van der Waals surface area contributed by atoms with Crippen LogP contribution in [-0.2, 0) is 13.1 Å². The third-order valence-electron chi connectivity index (χ3n) is 5.44. The molecule has 0 unspecified atom stereocenters. The Bertz CT molecular complexity index is 1000. The topological polar surface area (TPSA) is 58.2 Å². The van der Waals surface area contributed by atoms with E-state index >= 15 is 0 Å². The van der Waals surface area contributed by atoms with Crippen molar-refractivity contribution in [1.29, 1.82) is 0 Å². The molecule has 3 aromatic carbocycles. The molecule has 0 atom stereocenters. The largest absolute Gasteiger partial charge is 0.348 e. The summed E-state index contributed by atoms with van der Waals surface area (Å²) in [5, 5.41) is 5.93. The minimum absolute atomic E-state index is 0.0912. The fourth-order valence-electron chi connectivity index (χ4n) is 3.18. The number of carbonyl (C=O) groups is 2. The molecule has 0 spiro atoms. The summed E-state index contributed by atoms with van der Waals surface area (Å²) in [4.78, 5) is 24.8. The summed E-state index contributed by atoms with van der Waals surface area (Å²) in [6, 6.07) is 19.3. The summed E-state index contributed by atoms with van der Waals surface area (Å²) < 4.78 is 0. The second kappa shape index (κ2) is 9.40. The number of carbonyl (C=O) groups excluding carboxylic acids is 2. The van der Waals surface area contributed by atoms with E-state index in [0.29, 0.717) is 24.2 Å². The van der Waals surface area contributed by atoms with E-state index in [1.807, 2.05) is 88.4 Å². The predicted molar refractivity (Wildman–Crippen MR) is 121 cm³/mol. The molecule has 30 heavy (non-hydrogen) atoms. The predicted octanol–water partition coefficient (Wildman–Crippen LogP) is 4.78. The maximum Gasteiger partial charge on any atom is 0.251 e. The van der Waals surface area contributed by atoms with Gasteiger partial charge in [0, 0.05) is 24.2 Å². The van der Waals surface area contributed by atoms with E-state index < -0.39 is 0 Å². The van der Waals surface area contributed by atoms with Gasteiger partial charge in [0.2, 0.25) is 0 Å². The van der Waals surface area contributed by atoms with Gasteiger partial charge >= 0.3 is 0 Å². The molecule has 4 nitrogen and oxygen atoms in total. The number of nitrogens with one attached hydrogen (secondary N) is 2. The van der Waals surface area contributed by atoms with Gasteiger partial charge in [-0.1, -0.05) is 36.4 Å². The van der Waals surface area contributed by atoms with Crippen molar-refractivity contribution in [1.82, 2.24) is 10.6 Å². The molecule has 154 valence electrons. The van der Waals surface area contributed by atoms with E-state index in [0.717, 1.165) is 22.3 Å². The molecule has 0 aromatic heterocycles. The Hall–Kier alpha value is -3.40. The molecular weight excluding hydrogens is 372 g/mol. The fourth-order valence-corrected chi connectivity index (χ4v) is 3.18. The minimum atomic E-state index is -0.0912. The Kier molecular flexibility index (Phi) is 6.68. The quantitative estimate of drug-likeness (QED) is 0.626. The first-order valence-electron chi connectivity index (χ1n) is 10.1. The number of benzene rings is 3. The maximum absolute atomic E-state index is 12.4. The summed E-state index contributed by atoms with van der Waals surface area (Å²) in [7, 11) is 0. The lowest BCUT2D eigenvalue weighted by Crippen LogP contribution is -2.24.